The first-order valence-electron chi connectivity index (χ1n) is 7.74. The Morgan fingerprint density at radius 2 is 1.50 bits per heavy atom. The number of rotatable bonds is 2. The van der Waals surface area contributed by atoms with E-state index in [0.29, 0.717) is 15.7 Å². The SMILES string of the molecule is CC(C)(C)c1cc(-c2c(Cl)cccc2Cl)cc(-n2cccc2)c1O. The molecule has 0 aliphatic heterocycles. The summed E-state index contributed by atoms with van der Waals surface area (Å²) >= 11 is 12.8. The van der Waals surface area contributed by atoms with Crippen molar-refractivity contribution in [3.05, 3.63) is 70.5 Å². The molecule has 0 spiro atoms. The first-order chi connectivity index (χ1) is 11.3. The predicted molar refractivity (Wildman–Crippen MR) is 102 cm³/mol. The molecule has 4 heteroatoms. The number of hydrogen-bond acceptors (Lipinski definition) is 1. The van der Waals surface area contributed by atoms with Crippen molar-refractivity contribution in [3.8, 4) is 22.6 Å². The summed E-state index contributed by atoms with van der Waals surface area (Å²) in [4.78, 5) is 0. The van der Waals surface area contributed by atoms with Crippen molar-refractivity contribution in [2.45, 2.75) is 26.2 Å². The van der Waals surface area contributed by atoms with E-state index in [2.05, 4.69) is 20.8 Å². The summed E-state index contributed by atoms with van der Waals surface area (Å²) in [7, 11) is 0. The fraction of sp³-hybridized carbons (Fsp3) is 0.200. The number of nitrogens with zero attached hydrogens (tertiary/aromatic N) is 1. The molecule has 3 aromatic rings. The van der Waals surface area contributed by atoms with Gasteiger partial charge >= 0.3 is 0 Å². The summed E-state index contributed by atoms with van der Waals surface area (Å²) in [5.74, 6) is 0.269. The second-order valence-electron chi connectivity index (χ2n) is 6.83. The molecule has 124 valence electrons. The van der Waals surface area contributed by atoms with E-state index in [-0.39, 0.29) is 11.2 Å². The molecular formula is C20H19Cl2NO. The lowest BCUT2D eigenvalue weighted by Crippen LogP contribution is -2.13. The molecule has 24 heavy (non-hydrogen) atoms. The largest absolute Gasteiger partial charge is 0.505 e. The van der Waals surface area contributed by atoms with Gasteiger partial charge in [-0.2, -0.15) is 0 Å². The quantitative estimate of drug-likeness (QED) is 0.558. The topological polar surface area (TPSA) is 25.2 Å². The van der Waals surface area contributed by atoms with E-state index in [1.54, 1.807) is 0 Å². The minimum Gasteiger partial charge on any atom is -0.505 e. The molecule has 0 saturated heterocycles. The number of aromatic nitrogens is 1. The van der Waals surface area contributed by atoms with E-state index in [1.807, 2.05) is 59.4 Å². The normalized spacial score (nSPS) is 11.7. The van der Waals surface area contributed by atoms with Crippen LogP contribution in [0, 0.1) is 0 Å². The highest BCUT2D eigenvalue weighted by Crippen LogP contribution is 2.42. The molecule has 1 N–H and O–H groups in total. The monoisotopic (exact) mass is 359 g/mol. The zero-order chi connectivity index (χ0) is 17.5. The Labute approximate surface area is 152 Å². The molecule has 0 unspecified atom stereocenters. The van der Waals surface area contributed by atoms with Gasteiger partial charge in [0.1, 0.15) is 5.75 Å². The molecule has 2 nitrogen and oxygen atoms in total. The van der Waals surface area contributed by atoms with E-state index >= 15 is 0 Å². The third-order valence-corrected chi connectivity index (χ3v) is 4.66. The van der Waals surface area contributed by atoms with Crippen LogP contribution in [-0.2, 0) is 5.41 Å². The Morgan fingerprint density at radius 1 is 0.917 bits per heavy atom. The fourth-order valence-corrected chi connectivity index (χ4v) is 3.42. The second-order valence-corrected chi connectivity index (χ2v) is 7.64. The summed E-state index contributed by atoms with van der Waals surface area (Å²) in [5.41, 5.74) is 2.99. The number of phenolic OH excluding ortho intramolecular Hbond substituents is 1. The van der Waals surface area contributed by atoms with Crippen LogP contribution in [0.3, 0.4) is 0 Å². The van der Waals surface area contributed by atoms with Gasteiger partial charge in [-0.05, 0) is 47.4 Å². The third-order valence-electron chi connectivity index (χ3n) is 4.03. The number of hydrogen-bond donors (Lipinski definition) is 1. The lowest BCUT2D eigenvalue weighted by atomic mass is 9.84. The maximum atomic E-state index is 10.8. The fourth-order valence-electron chi connectivity index (χ4n) is 2.80. The van der Waals surface area contributed by atoms with Crippen molar-refractivity contribution in [1.82, 2.24) is 4.57 Å². The Morgan fingerprint density at radius 3 is 2.04 bits per heavy atom. The van der Waals surface area contributed by atoms with Crippen LogP contribution in [0.15, 0.2) is 54.9 Å². The number of aromatic hydroxyl groups is 1. The highest BCUT2D eigenvalue weighted by atomic mass is 35.5. The first kappa shape index (κ1) is 16.9. The molecule has 0 aliphatic carbocycles. The zero-order valence-corrected chi connectivity index (χ0v) is 15.4. The van der Waals surface area contributed by atoms with Crippen molar-refractivity contribution >= 4 is 23.2 Å². The van der Waals surface area contributed by atoms with E-state index in [4.69, 9.17) is 23.2 Å². The van der Waals surface area contributed by atoms with Crippen LogP contribution in [-0.4, -0.2) is 9.67 Å². The molecule has 1 aromatic heterocycles. The smallest absolute Gasteiger partial charge is 0.143 e. The van der Waals surface area contributed by atoms with Crippen LogP contribution in [0.1, 0.15) is 26.3 Å². The predicted octanol–water partition coefficient (Wildman–Crippen LogP) is 6.45. The van der Waals surface area contributed by atoms with Crippen molar-refractivity contribution in [1.29, 1.82) is 0 Å². The highest BCUT2D eigenvalue weighted by Gasteiger charge is 2.23. The van der Waals surface area contributed by atoms with Gasteiger partial charge in [0.2, 0.25) is 0 Å². The van der Waals surface area contributed by atoms with Gasteiger partial charge in [0.05, 0.1) is 5.69 Å². The highest BCUT2D eigenvalue weighted by molar-refractivity contribution is 6.39. The van der Waals surface area contributed by atoms with Gasteiger partial charge in [-0.3, -0.25) is 0 Å². The minimum atomic E-state index is -0.226. The molecule has 0 bridgehead atoms. The van der Waals surface area contributed by atoms with Crippen LogP contribution in [0.5, 0.6) is 5.75 Å². The molecule has 0 aliphatic rings. The zero-order valence-electron chi connectivity index (χ0n) is 13.8. The molecule has 0 atom stereocenters. The number of benzene rings is 2. The average Bonchev–Trinajstić information content (AvgIpc) is 3.01. The third kappa shape index (κ3) is 3.04. The summed E-state index contributed by atoms with van der Waals surface area (Å²) in [5, 5.41) is 12.0. The van der Waals surface area contributed by atoms with Crippen LogP contribution < -0.4 is 0 Å². The lowest BCUT2D eigenvalue weighted by molar-refractivity contribution is 0.444. The number of halogens is 2. The van der Waals surface area contributed by atoms with Gasteiger partial charge in [-0.1, -0.05) is 50.0 Å². The lowest BCUT2D eigenvalue weighted by Gasteiger charge is -2.24. The van der Waals surface area contributed by atoms with Gasteiger partial charge in [-0.25, -0.2) is 0 Å². The molecular weight excluding hydrogens is 341 g/mol. The van der Waals surface area contributed by atoms with Crippen molar-refractivity contribution in [3.63, 3.8) is 0 Å². The summed E-state index contributed by atoms with van der Waals surface area (Å²) < 4.78 is 1.89. The molecule has 2 aromatic carbocycles. The average molecular weight is 360 g/mol. The number of phenols is 1. The Bertz CT molecular complexity index is 857. The van der Waals surface area contributed by atoms with E-state index in [0.717, 1.165) is 16.7 Å². The first-order valence-corrected chi connectivity index (χ1v) is 8.50. The van der Waals surface area contributed by atoms with Gasteiger partial charge < -0.3 is 9.67 Å². The molecule has 1 heterocycles. The van der Waals surface area contributed by atoms with Crippen LogP contribution in [0.4, 0.5) is 0 Å². The van der Waals surface area contributed by atoms with Crippen LogP contribution in [0.25, 0.3) is 16.8 Å². The van der Waals surface area contributed by atoms with Crippen LogP contribution in [0.2, 0.25) is 10.0 Å². The van der Waals surface area contributed by atoms with Gasteiger partial charge in [-0.15, -0.1) is 0 Å². The van der Waals surface area contributed by atoms with Gasteiger partial charge in [0, 0.05) is 33.6 Å². The maximum Gasteiger partial charge on any atom is 0.143 e. The minimum absolute atomic E-state index is 0.226. The summed E-state index contributed by atoms with van der Waals surface area (Å²) in [6.07, 6.45) is 3.80. The Kier molecular flexibility index (Phi) is 4.37. The van der Waals surface area contributed by atoms with Crippen molar-refractivity contribution < 1.29 is 5.11 Å². The van der Waals surface area contributed by atoms with Crippen molar-refractivity contribution in [2.24, 2.45) is 0 Å². The van der Waals surface area contributed by atoms with E-state index in [9.17, 15) is 5.11 Å². The van der Waals surface area contributed by atoms with Gasteiger partial charge in [0.15, 0.2) is 0 Å². The molecule has 0 saturated carbocycles. The summed E-state index contributed by atoms with van der Waals surface area (Å²) in [6.45, 7) is 6.21. The Balaban J connectivity index is 2.34. The molecule has 3 rings (SSSR count). The molecule has 0 amide bonds. The standard InChI is InChI=1S/C20H19Cl2NO/c1-20(2,3)14-11-13(18-15(21)7-6-8-16(18)22)12-17(19(14)24)23-9-4-5-10-23/h4-12,24H,1-3H3. The summed E-state index contributed by atoms with van der Waals surface area (Å²) in [6, 6.07) is 13.2. The maximum absolute atomic E-state index is 10.8. The van der Waals surface area contributed by atoms with Crippen LogP contribution >= 0.6 is 23.2 Å². The Hall–Kier alpha value is -1.90. The van der Waals surface area contributed by atoms with Crippen molar-refractivity contribution in [2.75, 3.05) is 0 Å². The second kappa shape index (κ2) is 6.19. The van der Waals surface area contributed by atoms with E-state index in [1.165, 1.54) is 0 Å². The van der Waals surface area contributed by atoms with E-state index < -0.39 is 0 Å². The molecule has 0 radical (unpaired) electrons. The molecule has 0 fully saturated rings. The van der Waals surface area contributed by atoms with Gasteiger partial charge in [0.25, 0.3) is 0 Å².